The molecule has 0 spiro atoms. The Morgan fingerprint density at radius 2 is 2.39 bits per heavy atom. The molecule has 13 heteroatoms. The van der Waals surface area contributed by atoms with Gasteiger partial charge in [-0.25, -0.2) is 9.36 Å². The fourth-order valence-corrected chi connectivity index (χ4v) is 2.52. The van der Waals surface area contributed by atoms with Crippen LogP contribution in [0.5, 0.6) is 0 Å². The fraction of sp³-hybridized carbons (Fsp3) is 0.600. The zero-order valence-corrected chi connectivity index (χ0v) is 12.7. The highest BCUT2D eigenvalue weighted by Crippen LogP contribution is 2.44. The number of hydrogen-bond donors (Lipinski definition) is 2. The molecule has 0 aromatic carbocycles. The SMILES string of the molecule is Cc1cn([C@H]2C[C@H](N=[N+]=[N-])[C@@H](COP(=O)(O)F)O2)c(=O)[nH]c1=O. The number of hydrogen-bond acceptors (Lipinski definition) is 6. The molecule has 0 saturated carbocycles. The van der Waals surface area contributed by atoms with E-state index in [0.29, 0.717) is 0 Å². The predicted molar refractivity (Wildman–Crippen MR) is 74.4 cm³/mol. The molecule has 126 valence electrons. The molecule has 1 fully saturated rings. The van der Waals surface area contributed by atoms with E-state index in [0.717, 1.165) is 4.57 Å². The van der Waals surface area contributed by atoms with Gasteiger partial charge in [0.05, 0.1) is 18.8 Å². The molecule has 1 aliphatic heterocycles. The maximum absolute atomic E-state index is 12.6. The lowest BCUT2D eigenvalue weighted by Crippen LogP contribution is -2.33. The maximum Gasteiger partial charge on any atom is 0.510 e. The number of aromatic amines is 1. The van der Waals surface area contributed by atoms with Crippen molar-refractivity contribution in [2.45, 2.75) is 31.7 Å². The summed E-state index contributed by atoms with van der Waals surface area (Å²) in [7, 11) is -5.21. The number of ether oxygens (including phenoxy) is 1. The van der Waals surface area contributed by atoms with Crippen LogP contribution in [-0.4, -0.2) is 33.2 Å². The number of nitrogens with zero attached hydrogens (tertiary/aromatic N) is 4. The highest BCUT2D eigenvalue weighted by molar-refractivity contribution is 7.46. The van der Waals surface area contributed by atoms with E-state index in [2.05, 4.69) is 19.5 Å². The van der Waals surface area contributed by atoms with Crippen LogP contribution in [0.25, 0.3) is 10.4 Å². The molecule has 0 aliphatic carbocycles. The molecule has 4 atom stereocenters. The average Bonchev–Trinajstić information content (AvgIpc) is 2.83. The summed E-state index contributed by atoms with van der Waals surface area (Å²) in [6.45, 7) is 0.849. The molecule has 0 bridgehead atoms. The summed E-state index contributed by atoms with van der Waals surface area (Å²) in [6, 6.07) is -0.837. The van der Waals surface area contributed by atoms with Crippen LogP contribution in [0, 0.1) is 6.92 Å². The second kappa shape index (κ2) is 6.65. The van der Waals surface area contributed by atoms with Gasteiger partial charge in [0, 0.05) is 23.1 Å². The summed E-state index contributed by atoms with van der Waals surface area (Å²) >= 11 is 0. The normalized spacial score (nSPS) is 26.5. The molecule has 0 amide bonds. The second-order valence-electron chi connectivity index (χ2n) is 4.86. The highest BCUT2D eigenvalue weighted by Gasteiger charge is 2.38. The lowest BCUT2D eigenvalue weighted by atomic mass is 10.1. The van der Waals surface area contributed by atoms with E-state index in [1.165, 1.54) is 13.1 Å². The Bertz CT molecular complexity index is 796. The van der Waals surface area contributed by atoms with Crippen LogP contribution in [-0.2, 0) is 13.8 Å². The van der Waals surface area contributed by atoms with Crippen molar-refractivity contribution in [2.75, 3.05) is 6.61 Å². The van der Waals surface area contributed by atoms with E-state index in [1.807, 2.05) is 0 Å². The van der Waals surface area contributed by atoms with Crippen molar-refractivity contribution in [3.63, 3.8) is 0 Å². The van der Waals surface area contributed by atoms with E-state index in [9.17, 15) is 18.4 Å². The van der Waals surface area contributed by atoms with Gasteiger partial charge >= 0.3 is 13.6 Å². The minimum absolute atomic E-state index is 0.0471. The molecule has 1 unspecified atom stereocenters. The van der Waals surface area contributed by atoms with Gasteiger partial charge in [-0.1, -0.05) is 5.11 Å². The first-order valence-electron chi connectivity index (χ1n) is 6.40. The Kier molecular flexibility index (Phi) is 5.03. The summed E-state index contributed by atoms with van der Waals surface area (Å²) in [5, 5.41) is 3.45. The Hall–Kier alpha value is -1.97. The van der Waals surface area contributed by atoms with Crippen molar-refractivity contribution in [1.82, 2.24) is 9.55 Å². The van der Waals surface area contributed by atoms with Crippen LogP contribution in [0.2, 0.25) is 0 Å². The lowest BCUT2D eigenvalue weighted by Gasteiger charge is -2.16. The predicted octanol–water partition coefficient (Wildman–Crippen LogP) is 0.898. The van der Waals surface area contributed by atoms with Crippen LogP contribution in [0.3, 0.4) is 0 Å². The third-order valence-corrected chi connectivity index (χ3v) is 3.73. The molecule has 2 heterocycles. The third-order valence-electron chi connectivity index (χ3n) is 3.26. The standard InChI is InChI=1S/C10H13FN5O6P/c1-5-3-16(10(18)13-9(5)17)8-2-6(14-15-12)7(22-8)4-21-23(11,19)20/h3,6-8H,2,4H2,1H3,(H,19,20)(H,13,17,18)/t6-,7+,8+/m0/s1. The molecule has 23 heavy (non-hydrogen) atoms. The van der Waals surface area contributed by atoms with E-state index in [1.54, 1.807) is 0 Å². The Morgan fingerprint density at radius 1 is 1.70 bits per heavy atom. The van der Waals surface area contributed by atoms with Gasteiger partial charge in [-0.15, -0.1) is 4.20 Å². The van der Waals surface area contributed by atoms with Crippen molar-refractivity contribution in [3.8, 4) is 0 Å². The van der Waals surface area contributed by atoms with Crippen LogP contribution >= 0.6 is 7.91 Å². The molecule has 0 radical (unpaired) electrons. The van der Waals surface area contributed by atoms with E-state index in [-0.39, 0.29) is 12.0 Å². The van der Waals surface area contributed by atoms with Gasteiger partial charge in [-0.2, -0.15) is 0 Å². The number of rotatable bonds is 5. The van der Waals surface area contributed by atoms with Crippen LogP contribution < -0.4 is 11.2 Å². The van der Waals surface area contributed by atoms with E-state index in [4.69, 9.17) is 15.2 Å². The summed E-state index contributed by atoms with van der Waals surface area (Å²) in [4.78, 5) is 36.4. The first-order valence-corrected chi connectivity index (χ1v) is 7.87. The minimum atomic E-state index is -5.21. The minimum Gasteiger partial charge on any atom is -0.352 e. The first-order chi connectivity index (χ1) is 10.7. The van der Waals surface area contributed by atoms with Crippen LogP contribution in [0.15, 0.2) is 20.9 Å². The number of nitrogens with one attached hydrogen (secondary N) is 1. The fourth-order valence-electron chi connectivity index (χ4n) is 2.19. The average molecular weight is 349 g/mol. The number of H-pyrrole nitrogens is 1. The summed E-state index contributed by atoms with van der Waals surface area (Å²) in [6.07, 6.45) is -0.606. The number of azide groups is 1. The smallest absolute Gasteiger partial charge is 0.352 e. The van der Waals surface area contributed by atoms with Crippen molar-refractivity contribution >= 4 is 7.91 Å². The second-order valence-corrected chi connectivity index (χ2v) is 6.02. The number of halogens is 1. The lowest BCUT2D eigenvalue weighted by molar-refractivity contribution is -0.0255. The zero-order chi connectivity index (χ0) is 17.2. The molecular weight excluding hydrogens is 336 g/mol. The maximum atomic E-state index is 12.6. The van der Waals surface area contributed by atoms with E-state index >= 15 is 0 Å². The van der Waals surface area contributed by atoms with Gasteiger partial charge in [0.15, 0.2) is 0 Å². The third kappa shape index (κ3) is 4.27. The van der Waals surface area contributed by atoms with Crippen LogP contribution in [0.4, 0.5) is 4.20 Å². The Labute approximate surface area is 127 Å². The molecule has 1 aliphatic rings. The van der Waals surface area contributed by atoms with Gasteiger partial charge < -0.3 is 4.74 Å². The van der Waals surface area contributed by atoms with Gasteiger partial charge in [0.2, 0.25) is 0 Å². The molecular formula is C10H13FN5O6P. The van der Waals surface area contributed by atoms with Crippen molar-refractivity contribution in [1.29, 1.82) is 0 Å². The molecule has 2 rings (SSSR count). The first kappa shape index (κ1) is 17.4. The number of aryl methyl sites for hydroxylation is 1. The molecule has 1 aromatic heterocycles. The Morgan fingerprint density at radius 3 is 3.00 bits per heavy atom. The van der Waals surface area contributed by atoms with Gasteiger partial charge in [0.1, 0.15) is 6.23 Å². The largest absolute Gasteiger partial charge is 0.510 e. The molecule has 1 aromatic rings. The van der Waals surface area contributed by atoms with Crippen LogP contribution in [0.1, 0.15) is 18.2 Å². The molecule has 1 saturated heterocycles. The highest BCUT2D eigenvalue weighted by atomic mass is 31.2. The topological polar surface area (TPSA) is 159 Å². The molecule has 2 N–H and O–H groups in total. The van der Waals surface area contributed by atoms with Gasteiger partial charge in [-0.05, 0) is 12.5 Å². The summed E-state index contributed by atoms with van der Waals surface area (Å²) in [5.41, 5.74) is 7.51. The van der Waals surface area contributed by atoms with E-state index < -0.39 is 44.1 Å². The van der Waals surface area contributed by atoms with Gasteiger partial charge in [0.25, 0.3) is 5.56 Å². The monoisotopic (exact) mass is 349 g/mol. The van der Waals surface area contributed by atoms with Crippen molar-refractivity contribution in [2.24, 2.45) is 5.11 Å². The summed E-state index contributed by atoms with van der Waals surface area (Å²) in [5.74, 6) is 0. The van der Waals surface area contributed by atoms with Crippen molar-refractivity contribution in [3.05, 3.63) is 43.0 Å². The zero-order valence-electron chi connectivity index (χ0n) is 11.8. The van der Waals surface area contributed by atoms with Crippen molar-refractivity contribution < 1.29 is 22.9 Å². The molecule has 11 nitrogen and oxygen atoms in total. The quantitative estimate of drug-likeness (QED) is 0.347. The Balaban J connectivity index is 2.24. The summed E-state index contributed by atoms with van der Waals surface area (Å²) < 4.78 is 33.8. The van der Waals surface area contributed by atoms with Gasteiger partial charge in [-0.3, -0.25) is 23.8 Å². The number of aromatic nitrogens is 2.